The lowest BCUT2D eigenvalue weighted by atomic mass is 10.1. The van der Waals surface area contributed by atoms with Crippen LogP contribution in [0.15, 0.2) is 24.3 Å². The van der Waals surface area contributed by atoms with E-state index in [0.717, 1.165) is 19.1 Å². The molecule has 1 heterocycles. The Hall–Kier alpha value is -1.60. The number of rotatable bonds is 4. The molecule has 6 nitrogen and oxygen atoms in total. The second kappa shape index (κ2) is 5.80. The van der Waals surface area contributed by atoms with Gasteiger partial charge >= 0.3 is 0 Å². The fourth-order valence-corrected chi connectivity index (χ4v) is 2.92. The van der Waals surface area contributed by atoms with Crippen LogP contribution in [0.1, 0.15) is 23.2 Å². The fraction of sp³-hybridized carbons (Fsp3) is 0.462. The van der Waals surface area contributed by atoms with Gasteiger partial charge in [-0.3, -0.25) is 9.52 Å². The Kier molecular flexibility index (Phi) is 4.29. The van der Waals surface area contributed by atoms with Crippen molar-refractivity contribution in [1.82, 2.24) is 4.90 Å². The molecule has 0 unspecified atom stereocenters. The number of amides is 1. The average molecular weight is 298 g/mol. The molecule has 1 aliphatic heterocycles. The van der Waals surface area contributed by atoms with E-state index in [1.165, 1.54) is 0 Å². The van der Waals surface area contributed by atoms with E-state index in [0.29, 0.717) is 17.8 Å². The highest BCUT2D eigenvalue weighted by Crippen LogP contribution is 2.20. The molecular weight excluding hydrogens is 280 g/mol. The molecule has 20 heavy (non-hydrogen) atoms. The molecule has 7 heteroatoms. The summed E-state index contributed by atoms with van der Waals surface area (Å²) >= 11 is 0. The van der Waals surface area contributed by atoms with E-state index in [1.54, 1.807) is 29.2 Å². The summed E-state index contributed by atoms with van der Waals surface area (Å²) in [6.45, 7) is 0.618. The third kappa shape index (κ3) is 3.49. The molecule has 0 aromatic heterocycles. The van der Waals surface area contributed by atoms with Gasteiger partial charge in [0.25, 0.3) is 5.91 Å². The maximum atomic E-state index is 12.3. The number of aliphatic hydroxyl groups excluding tert-OH is 1. The minimum Gasteiger partial charge on any atom is -0.394 e. The molecule has 110 valence electrons. The molecule has 0 saturated carbocycles. The van der Waals surface area contributed by atoms with Crippen molar-refractivity contribution >= 4 is 21.6 Å². The summed E-state index contributed by atoms with van der Waals surface area (Å²) in [5.74, 6) is -0.132. The van der Waals surface area contributed by atoms with Gasteiger partial charge in [-0.1, -0.05) is 0 Å². The number of aliphatic hydroxyl groups is 1. The third-order valence-corrected chi connectivity index (χ3v) is 3.89. The van der Waals surface area contributed by atoms with Gasteiger partial charge in [0, 0.05) is 17.8 Å². The molecule has 2 rings (SSSR count). The quantitative estimate of drug-likeness (QED) is 0.854. The third-order valence-electron chi connectivity index (χ3n) is 3.28. The standard InChI is InChI=1S/C13H18N2O4S/c1-20(18,19)14-11-6-4-10(5-7-11)13(17)15-8-2-3-12(15)9-16/h4-7,12,14,16H,2-3,8-9H2,1H3/t12-/m0/s1. The van der Waals surface area contributed by atoms with Crippen molar-refractivity contribution in [2.24, 2.45) is 0 Å². The summed E-state index contributed by atoms with van der Waals surface area (Å²) in [4.78, 5) is 14.0. The number of hydrogen-bond donors (Lipinski definition) is 2. The Morgan fingerprint density at radius 1 is 1.40 bits per heavy atom. The highest BCUT2D eigenvalue weighted by molar-refractivity contribution is 7.92. The molecule has 1 aromatic rings. The average Bonchev–Trinajstić information content (AvgIpc) is 2.85. The van der Waals surface area contributed by atoms with Gasteiger partial charge in [-0.05, 0) is 37.1 Å². The number of carbonyl (C=O) groups is 1. The summed E-state index contributed by atoms with van der Waals surface area (Å²) in [5.41, 5.74) is 0.911. The number of sulfonamides is 1. The number of anilines is 1. The first-order chi connectivity index (χ1) is 9.40. The van der Waals surface area contributed by atoms with Gasteiger partial charge in [0.05, 0.1) is 18.9 Å². The van der Waals surface area contributed by atoms with E-state index in [1.807, 2.05) is 0 Å². The zero-order valence-corrected chi connectivity index (χ0v) is 12.1. The topological polar surface area (TPSA) is 86.7 Å². The van der Waals surface area contributed by atoms with Crippen LogP contribution in [0.2, 0.25) is 0 Å². The van der Waals surface area contributed by atoms with Crippen LogP contribution in [0.3, 0.4) is 0 Å². The number of nitrogens with one attached hydrogen (secondary N) is 1. The first-order valence-corrected chi connectivity index (χ1v) is 8.29. The first-order valence-electron chi connectivity index (χ1n) is 6.40. The van der Waals surface area contributed by atoms with Crippen LogP contribution in [-0.2, 0) is 10.0 Å². The Balaban J connectivity index is 2.11. The van der Waals surface area contributed by atoms with Gasteiger partial charge in [0.15, 0.2) is 0 Å². The Morgan fingerprint density at radius 2 is 2.05 bits per heavy atom. The van der Waals surface area contributed by atoms with Crippen molar-refractivity contribution in [2.45, 2.75) is 18.9 Å². The Morgan fingerprint density at radius 3 is 2.60 bits per heavy atom. The number of hydrogen-bond acceptors (Lipinski definition) is 4. The SMILES string of the molecule is CS(=O)(=O)Nc1ccc(C(=O)N2CCC[C@H]2CO)cc1. The van der Waals surface area contributed by atoms with Crippen molar-refractivity contribution in [3.05, 3.63) is 29.8 Å². The molecular formula is C13H18N2O4S. The summed E-state index contributed by atoms with van der Waals surface area (Å²) in [7, 11) is -3.32. The largest absolute Gasteiger partial charge is 0.394 e. The predicted molar refractivity (Wildman–Crippen MR) is 76.1 cm³/mol. The van der Waals surface area contributed by atoms with Gasteiger partial charge in [-0.25, -0.2) is 8.42 Å². The molecule has 1 amide bonds. The predicted octanol–water partition coefficient (Wildman–Crippen LogP) is 0.655. The lowest BCUT2D eigenvalue weighted by Crippen LogP contribution is -2.37. The zero-order valence-electron chi connectivity index (χ0n) is 11.2. The van der Waals surface area contributed by atoms with Gasteiger partial charge in [0.1, 0.15) is 0 Å². The molecule has 1 saturated heterocycles. The minimum atomic E-state index is -3.32. The summed E-state index contributed by atoms with van der Waals surface area (Å²) in [5, 5.41) is 9.23. The molecule has 2 N–H and O–H groups in total. The molecule has 0 aliphatic carbocycles. The minimum absolute atomic E-state index is 0.0283. The van der Waals surface area contributed by atoms with Crippen LogP contribution in [-0.4, -0.2) is 49.8 Å². The van der Waals surface area contributed by atoms with E-state index < -0.39 is 10.0 Å². The number of carbonyl (C=O) groups excluding carboxylic acids is 1. The monoisotopic (exact) mass is 298 g/mol. The fourth-order valence-electron chi connectivity index (χ4n) is 2.35. The van der Waals surface area contributed by atoms with Crippen LogP contribution >= 0.6 is 0 Å². The van der Waals surface area contributed by atoms with Crippen molar-refractivity contribution in [3.8, 4) is 0 Å². The first kappa shape index (κ1) is 14.8. The number of benzene rings is 1. The normalized spacial score (nSPS) is 19.1. The van der Waals surface area contributed by atoms with E-state index in [4.69, 9.17) is 0 Å². The van der Waals surface area contributed by atoms with Crippen LogP contribution in [0.4, 0.5) is 5.69 Å². The lowest BCUT2D eigenvalue weighted by Gasteiger charge is -2.23. The van der Waals surface area contributed by atoms with Crippen molar-refractivity contribution in [2.75, 3.05) is 24.1 Å². The lowest BCUT2D eigenvalue weighted by molar-refractivity contribution is 0.0677. The summed E-state index contributed by atoms with van der Waals surface area (Å²) in [6.07, 6.45) is 2.78. The van der Waals surface area contributed by atoms with Crippen molar-refractivity contribution in [1.29, 1.82) is 0 Å². The molecule has 1 fully saturated rings. The van der Waals surface area contributed by atoms with Gasteiger partial charge < -0.3 is 10.0 Å². The van der Waals surface area contributed by atoms with Crippen molar-refractivity contribution < 1.29 is 18.3 Å². The van der Waals surface area contributed by atoms with E-state index in [2.05, 4.69) is 4.72 Å². The zero-order chi connectivity index (χ0) is 14.8. The molecule has 1 aliphatic rings. The Labute approximate surface area is 118 Å². The van der Waals surface area contributed by atoms with E-state index in [9.17, 15) is 18.3 Å². The van der Waals surface area contributed by atoms with Gasteiger partial charge in [0.2, 0.25) is 10.0 Å². The smallest absolute Gasteiger partial charge is 0.254 e. The Bertz CT molecular complexity index is 583. The van der Waals surface area contributed by atoms with Gasteiger partial charge in [-0.2, -0.15) is 0 Å². The van der Waals surface area contributed by atoms with Crippen LogP contribution < -0.4 is 4.72 Å². The molecule has 0 radical (unpaired) electrons. The molecule has 0 bridgehead atoms. The van der Waals surface area contributed by atoms with Crippen LogP contribution in [0.25, 0.3) is 0 Å². The maximum Gasteiger partial charge on any atom is 0.254 e. The summed E-state index contributed by atoms with van der Waals surface area (Å²) < 4.78 is 24.5. The second-order valence-corrected chi connectivity index (χ2v) is 6.68. The van der Waals surface area contributed by atoms with Gasteiger partial charge in [-0.15, -0.1) is 0 Å². The highest BCUT2D eigenvalue weighted by atomic mass is 32.2. The van der Waals surface area contributed by atoms with Crippen LogP contribution in [0, 0.1) is 0 Å². The maximum absolute atomic E-state index is 12.3. The molecule has 1 aromatic carbocycles. The highest BCUT2D eigenvalue weighted by Gasteiger charge is 2.28. The van der Waals surface area contributed by atoms with E-state index in [-0.39, 0.29) is 18.6 Å². The number of nitrogens with zero attached hydrogens (tertiary/aromatic N) is 1. The number of likely N-dealkylation sites (tertiary alicyclic amines) is 1. The summed E-state index contributed by atoms with van der Waals surface area (Å²) in [6, 6.07) is 6.17. The second-order valence-electron chi connectivity index (χ2n) is 4.93. The van der Waals surface area contributed by atoms with E-state index >= 15 is 0 Å². The molecule has 0 spiro atoms. The molecule has 1 atom stereocenters. The van der Waals surface area contributed by atoms with Crippen LogP contribution in [0.5, 0.6) is 0 Å². The van der Waals surface area contributed by atoms with Crippen molar-refractivity contribution in [3.63, 3.8) is 0 Å².